The number of fused-ring (bicyclic) bond motifs is 1. The van der Waals surface area contributed by atoms with Gasteiger partial charge >= 0.3 is 5.69 Å². The van der Waals surface area contributed by atoms with Crippen LogP contribution in [-0.4, -0.2) is 36.5 Å². The molecule has 0 fully saturated rings. The van der Waals surface area contributed by atoms with Crippen molar-refractivity contribution in [2.45, 2.75) is 0 Å². The molecule has 0 bridgehead atoms. The number of nitrogens with zero attached hydrogens (tertiary/aromatic N) is 1. The maximum absolute atomic E-state index is 12.0. The number of aromatic hydroxyl groups is 1. The number of aromatic nitrogens is 2. The molecule has 0 amide bonds. The number of methoxy groups -OCH3 is 1. The number of H-pyrrole nitrogens is 1. The number of benzene rings is 1. The average Bonchev–Trinajstić information content (AvgIpc) is 2.34. The molecule has 0 radical (unpaired) electrons. The summed E-state index contributed by atoms with van der Waals surface area (Å²) < 4.78 is 27.4. The van der Waals surface area contributed by atoms with Crippen LogP contribution in [0, 0.1) is 0 Å². The van der Waals surface area contributed by atoms with E-state index in [0.717, 1.165) is 12.3 Å². The molecule has 0 aliphatic carbocycles. The molecule has 0 saturated heterocycles. The fourth-order valence-corrected chi connectivity index (χ4v) is 2.14. The summed E-state index contributed by atoms with van der Waals surface area (Å²) in [7, 11) is -2.50. The van der Waals surface area contributed by atoms with Crippen molar-refractivity contribution in [3.63, 3.8) is 0 Å². The maximum atomic E-state index is 12.0. The third-order valence-corrected chi connectivity index (χ3v) is 2.97. The first-order valence-corrected chi connectivity index (χ1v) is 7.16. The topological polar surface area (TPSA) is 130 Å². The number of phenolic OH excluding ortho intramolecular Hbond substituents is 1. The highest BCUT2D eigenvalue weighted by molar-refractivity contribution is 7.91. The molecule has 20 heavy (non-hydrogen) atoms. The molecule has 1 aromatic carbocycles. The van der Waals surface area contributed by atoms with Crippen molar-refractivity contribution in [1.29, 1.82) is 0 Å². The highest BCUT2D eigenvalue weighted by Gasteiger charge is 2.13. The third kappa shape index (κ3) is 2.45. The van der Waals surface area contributed by atoms with Crippen LogP contribution >= 0.6 is 0 Å². The summed E-state index contributed by atoms with van der Waals surface area (Å²) in [4.78, 5) is 27.8. The Balaban J connectivity index is 2.83. The zero-order valence-corrected chi connectivity index (χ0v) is 11.3. The molecule has 0 unspecified atom stereocenters. The van der Waals surface area contributed by atoms with Crippen molar-refractivity contribution in [1.82, 2.24) is 9.66 Å². The van der Waals surface area contributed by atoms with Gasteiger partial charge in [0.25, 0.3) is 5.56 Å². The van der Waals surface area contributed by atoms with E-state index in [9.17, 15) is 23.1 Å². The summed E-state index contributed by atoms with van der Waals surface area (Å²) in [6, 6.07) is 2.34. The van der Waals surface area contributed by atoms with E-state index in [1.165, 1.54) is 13.2 Å². The van der Waals surface area contributed by atoms with E-state index >= 15 is 0 Å². The molecule has 9 nitrogen and oxygen atoms in total. The maximum Gasteiger partial charge on any atom is 0.348 e. The Bertz CT molecular complexity index is 896. The minimum atomic E-state index is -3.81. The smallest absolute Gasteiger partial charge is 0.348 e. The van der Waals surface area contributed by atoms with E-state index < -0.39 is 21.3 Å². The van der Waals surface area contributed by atoms with Gasteiger partial charge in [-0.05, 0) is 6.07 Å². The highest BCUT2D eigenvalue weighted by atomic mass is 32.2. The van der Waals surface area contributed by atoms with E-state index in [-0.39, 0.29) is 22.4 Å². The molecule has 1 heterocycles. The number of nitrogens with one attached hydrogen (secondary N) is 2. The van der Waals surface area contributed by atoms with E-state index in [1.807, 2.05) is 0 Å². The Hall–Kier alpha value is -2.49. The fraction of sp³-hybridized carbons (Fsp3) is 0.200. The molecule has 0 spiro atoms. The van der Waals surface area contributed by atoms with Gasteiger partial charge in [0.2, 0.25) is 10.0 Å². The van der Waals surface area contributed by atoms with Crippen LogP contribution in [0.4, 0.5) is 0 Å². The standard InChI is InChI=1S/C10H11N3O6S/c1-19-8-4-6-5(3-7(8)14)9(15)13(10(16)11-6)12-20(2,17)18/h3-4,12,14H,1-2H3,(H,11,16). The van der Waals surface area contributed by atoms with Crippen molar-refractivity contribution >= 4 is 20.9 Å². The lowest BCUT2D eigenvalue weighted by Crippen LogP contribution is -2.43. The van der Waals surface area contributed by atoms with Crippen LogP contribution in [0.1, 0.15) is 0 Å². The van der Waals surface area contributed by atoms with Crippen LogP contribution in [0.3, 0.4) is 0 Å². The second-order valence-electron chi connectivity index (χ2n) is 4.00. The summed E-state index contributed by atoms with van der Waals surface area (Å²) in [6.07, 6.45) is 0.800. The van der Waals surface area contributed by atoms with Crippen molar-refractivity contribution < 1.29 is 18.3 Å². The van der Waals surface area contributed by atoms with Crippen molar-refractivity contribution in [2.75, 3.05) is 18.2 Å². The van der Waals surface area contributed by atoms with Crippen LogP contribution in [-0.2, 0) is 10.0 Å². The van der Waals surface area contributed by atoms with E-state index in [1.54, 1.807) is 4.83 Å². The van der Waals surface area contributed by atoms with Gasteiger partial charge in [0.1, 0.15) is 0 Å². The third-order valence-electron chi connectivity index (χ3n) is 2.45. The van der Waals surface area contributed by atoms with E-state index in [4.69, 9.17) is 4.74 Å². The first-order valence-electron chi connectivity index (χ1n) is 5.27. The normalized spacial score (nSPS) is 11.5. The molecule has 1 aromatic heterocycles. The number of ether oxygens (including phenoxy) is 1. The number of aromatic amines is 1. The van der Waals surface area contributed by atoms with Gasteiger partial charge in [-0.1, -0.05) is 0 Å². The number of rotatable bonds is 3. The Morgan fingerprint density at radius 2 is 2.00 bits per heavy atom. The molecule has 108 valence electrons. The minimum absolute atomic E-state index is 0.0703. The molecule has 3 N–H and O–H groups in total. The number of phenols is 1. The Morgan fingerprint density at radius 3 is 2.55 bits per heavy atom. The molecule has 0 aliphatic heterocycles. The van der Waals surface area contributed by atoms with Gasteiger partial charge in [-0.25, -0.2) is 18.0 Å². The lowest BCUT2D eigenvalue weighted by Gasteiger charge is -2.09. The van der Waals surface area contributed by atoms with Gasteiger partial charge < -0.3 is 14.8 Å². The van der Waals surface area contributed by atoms with Gasteiger partial charge in [-0.2, -0.15) is 4.68 Å². The van der Waals surface area contributed by atoms with Crippen molar-refractivity contribution in [2.24, 2.45) is 0 Å². The quantitative estimate of drug-likeness (QED) is 0.660. The molecular weight excluding hydrogens is 290 g/mol. The molecule has 2 aromatic rings. The van der Waals surface area contributed by atoms with Crippen molar-refractivity contribution in [3.05, 3.63) is 33.0 Å². The first-order chi connectivity index (χ1) is 9.23. The lowest BCUT2D eigenvalue weighted by molar-refractivity contribution is 0.374. The van der Waals surface area contributed by atoms with Gasteiger partial charge in [0.05, 0.1) is 24.3 Å². The molecule has 0 aliphatic rings. The molecule has 0 saturated carbocycles. The monoisotopic (exact) mass is 301 g/mol. The Kier molecular flexibility index (Phi) is 3.18. The summed E-state index contributed by atoms with van der Waals surface area (Å²) in [5, 5.41) is 9.55. The van der Waals surface area contributed by atoms with Gasteiger partial charge in [0, 0.05) is 6.07 Å². The summed E-state index contributed by atoms with van der Waals surface area (Å²) >= 11 is 0. The molecule has 10 heteroatoms. The van der Waals surface area contributed by atoms with Gasteiger partial charge in [-0.3, -0.25) is 4.79 Å². The van der Waals surface area contributed by atoms with Crippen LogP contribution in [0.5, 0.6) is 11.5 Å². The van der Waals surface area contributed by atoms with E-state index in [0.29, 0.717) is 4.68 Å². The van der Waals surface area contributed by atoms with Crippen LogP contribution in [0.15, 0.2) is 21.7 Å². The largest absolute Gasteiger partial charge is 0.504 e. The minimum Gasteiger partial charge on any atom is -0.504 e. The number of hydrogen-bond donors (Lipinski definition) is 3. The van der Waals surface area contributed by atoms with Crippen molar-refractivity contribution in [3.8, 4) is 11.5 Å². The van der Waals surface area contributed by atoms with Gasteiger partial charge in [0.15, 0.2) is 11.5 Å². The Morgan fingerprint density at radius 1 is 1.35 bits per heavy atom. The van der Waals surface area contributed by atoms with Crippen LogP contribution in [0.2, 0.25) is 0 Å². The summed E-state index contributed by atoms with van der Waals surface area (Å²) in [5.74, 6) is -0.239. The predicted octanol–water partition coefficient (Wildman–Crippen LogP) is -1.09. The van der Waals surface area contributed by atoms with E-state index in [2.05, 4.69) is 4.98 Å². The zero-order valence-electron chi connectivity index (χ0n) is 10.5. The Labute approximate surface area is 112 Å². The second kappa shape index (κ2) is 4.56. The molecule has 0 atom stereocenters. The number of sulfonamides is 1. The SMILES string of the molecule is COc1cc2[nH]c(=O)n(NS(C)(=O)=O)c(=O)c2cc1O. The number of hydrogen-bond acceptors (Lipinski definition) is 6. The fourth-order valence-electron chi connectivity index (χ4n) is 1.64. The lowest BCUT2D eigenvalue weighted by atomic mass is 10.2. The average molecular weight is 301 g/mol. The second-order valence-corrected chi connectivity index (χ2v) is 5.73. The van der Waals surface area contributed by atoms with Crippen LogP contribution < -0.4 is 20.8 Å². The zero-order chi connectivity index (χ0) is 15.1. The molecule has 2 rings (SSSR count). The first kappa shape index (κ1) is 13.9. The summed E-state index contributed by atoms with van der Waals surface area (Å²) in [5.41, 5.74) is -1.76. The van der Waals surface area contributed by atoms with Crippen LogP contribution in [0.25, 0.3) is 10.9 Å². The molecular formula is C10H11N3O6S. The summed E-state index contributed by atoms with van der Waals surface area (Å²) in [6.45, 7) is 0. The predicted molar refractivity (Wildman–Crippen MR) is 71.3 cm³/mol. The van der Waals surface area contributed by atoms with Gasteiger partial charge in [-0.15, -0.1) is 0 Å². The highest BCUT2D eigenvalue weighted by Crippen LogP contribution is 2.28.